The molecule has 0 unspecified atom stereocenters. The van der Waals surface area contributed by atoms with Crippen molar-refractivity contribution in [2.75, 3.05) is 39.3 Å². The van der Waals surface area contributed by atoms with Crippen molar-refractivity contribution in [1.29, 1.82) is 0 Å². The Bertz CT molecular complexity index is 459. The first-order chi connectivity index (χ1) is 9.70. The van der Waals surface area contributed by atoms with Crippen LogP contribution in [0, 0.1) is 0 Å². The van der Waals surface area contributed by atoms with Gasteiger partial charge in [0, 0.05) is 31.7 Å². The number of amides is 1. The van der Waals surface area contributed by atoms with E-state index in [2.05, 4.69) is 4.90 Å². The average molecular weight is 313 g/mol. The van der Waals surface area contributed by atoms with Gasteiger partial charge in [0.1, 0.15) is 0 Å². The molecule has 0 atom stereocenters. The van der Waals surface area contributed by atoms with Gasteiger partial charge in [-0.25, -0.2) is 4.79 Å². The highest BCUT2D eigenvalue weighted by atomic mass is 35.5. The number of hydrogen-bond acceptors (Lipinski definition) is 4. The van der Waals surface area contributed by atoms with E-state index in [0.717, 1.165) is 5.56 Å². The van der Waals surface area contributed by atoms with Gasteiger partial charge in [-0.05, 0) is 6.92 Å². The highest BCUT2D eigenvalue weighted by Gasteiger charge is 2.23. The number of ketones is 1. The molecule has 0 N–H and O–H groups in total. The van der Waals surface area contributed by atoms with E-state index in [-0.39, 0.29) is 24.3 Å². The predicted octanol–water partition coefficient (Wildman–Crippen LogP) is 2.07. The summed E-state index contributed by atoms with van der Waals surface area (Å²) in [5, 5.41) is 0. The van der Waals surface area contributed by atoms with Crippen LogP contribution < -0.4 is 0 Å². The summed E-state index contributed by atoms with van der Waals surface area (Å²) in [5.74, 6) is 0.121. The third-order valence-electron chi connectivity index (χ3n) is 3.36. The van der Waals surface area contributed by atoms with E-state index in [1.807, 2.05) is 30.3 Å². The Balaban J connectivity index is 0.00000220. The zero-order chi connectivity index (χ0) is 14.4. The fraction of sp³-hybridized carbons (Fsp3) is 0.467. The number of carbonyl (C=O) groups is 2. The van der Waals surface area contributed by atoms with Crippen LogP contribution in [0.3, 0.4) is 0 Å². The topological polar surface area (TPSA) is 49.9 Å². The van der Waals surface area contributed by atoms with Gasteiger partial charge in [0.2, 0.25) is 0 Å². The van der Waals surface area contributed by atoms with Crippen LogP contribution in [-0.4, -0.2) is 61.0 Å². The van der Waals surface area contributed by atoms with Gasteiger partial charge in [-0.1, -0.05) is 30.3 Å². The van der Waals surface area contributed by atoms with E-state index in [0.29, 0.717) is 39.3 Å². The van der Waals surface area contributed by atoms with E-state index >= 15 is 0 Å². The van der Waals surface area contributed by atoms with Crippen molar-refractivity contribution in [3.05, 3.63) is 35.9 Å². The molecule has 0 aliphatic carbocycles. The molecule has 0 spiro atoms. The summed E-state index contributed by atoms with van der Waals surface area (Å²) < 4.78 is 4.97. The lowest BCUT2D eigenvalue weighted by atomic mass is 10.1. The number of ether oxygens (including phenoxy) is 1. The molecule has 5 nitrogen and oxygen atoms in total. The molecule has 116 valence electrons. The van der Waals surface area contributed by atoms with E-state index < -0.39 is 0 Å². The highest BCUT2D eigenvalue weighted by Crippen LogP contribution is 2.06. The van der Waals surface area contributed by atoms with Crippen LogP contribution in [0.15, 0.2) is 30.3 Å². The van der Waals surface area contributed by atoms with Crippen molar-refractivity contribution < 1.29 is 14.3 Å². The second-order valence-corrected chi connectivity index (χ2v) is 4.75. The molecule has 1 heterocycles. The quantitative estimate of drug-likeness (QED) is 0.799. The first-order valence-corrected chi connectivity index (χ1v) is 6.93. The molecule has 0 bridgehead atoms. The largest absolute Gasteiger partial charge is 0.450 e. The minimum absolute atomic E-state index is 0. The van der Waals surface area contributed by atoms with Crippen molar-refractivity contribution in [2.24, 2.45) is 0 Å². The van der Waals surface area contributed by atoms with Crippen LogP contribution >= 0.6 is 12.4 Å². The lowest BCUT2D eigenvalue weighted by Gasteiger charge is -2.33. The highest BCUT2D eigenvalue weighted by molar-refractivity contribution is 5.97. The lowest BCUT2D eigenvalue weighted by molar-refractivity contribution is 0.0733. The Hall–Kier alpha value is -1.59. The molecular weight excluding hydrogens is 292 g/mol. The number of halogens is 1. The molecule has 21 heavy (non-hydrogen) atoms. The maximum atomic E-state index is 12.1. The second kappa shape index (κ2) is 8.64. The van der Waals surface area contributed by atoms with Gasteiger partial charge in [0.05, 0.1) is 13.2 Å². The molecule has 0 radical (unpaired) electrons. The fourth-order valence-electron chi connectivity index (χ4n) is 2.22. The smallest absolute Gasteiger partial charge is 0.409 e. The third-order valence-corrected chi connectivity index (χ3v) is 3.36. The zero-order valence-corrected chi connectivity index (χ0v) is 13.0. The monoisotopic (exact) mass is 312 g/mol. The van der Waals surface area contributed by atoms with Crippen molar-refractivity contribution >= 4 is 24.3 Å². The van der Waals surface area contributed by atoms with Gasteiger partial charge < -0.3 is 9.64 Å². The number of Topliss-reactive ketones (excluding diaryl/α,β-unsaturated/α-hetero) is 1. The van der Waals surface area contributed by atoms with Gasteiger partial charge in [-0.15, -0.1) is 12.4 Å². The van der Waals surface area contributed by atoms with Crippen molar-refractivity contribution in [2.45, 2.75) is 6.92 Å². The molecule has 0 saturated carbocycles. The van der Waals surface area contributed by atoms with Crippen LogP contribution in [0.25, 0.3) is 0 Å². The predicted molar refractivity (Wildman–Crippen MR) is 83.1 cm³/mol. The fourth-order valence-corrected chi connectivity index (χ4v) is 2.22. The third kappa shape index (κ3) is 5.02. The van der Waals surface area contributed by atoms with Crippen LogP contribution in [0.4, 0.5) is 4.79 Å². The number of nitrogens with zero attached hydrogens (tertiary/aromatic N) is 2. The van der Waals surface area contributed by atoms with E-state index in [9.17, 15) is 9.59 Å². The van der Waals surface area contributed by atoms with Gasteiger partial charge in [0.15, 0.2) is 5.78 Å². The Labute approximate surface area is 131 Å². The minimum atomic E-state index is -0.262. The molecule has 1 aliphatic heterocycles. The number of hydrogen-bond donors (Lipinski definition) is 0. The SMILES string of the molecule is CCOC(=O)N1CCN(CC(=O)c2ccccc2)CC1.Cl. The van der Waals surface area contributed by atoms with Crippen LogP contribution in [0.1, 0.15) is 17.3 Å². The molecule has 1 aromatic carbocycles. The van der Waals surface area contributed by atoms with Crippen molar-refractivity contribution in [3.8, 4) is 0 Å². The van der Waals surface area contributed by atoms with Gasteiger partial charge in [0.25, 0.3) is 0 Å². The summed E-state index contributed by atoms with van der Waals surface area (Å²) in [6, 6.07) is 9.29. The summed E-state index contributed by atoms with van der Waals surface area (Å²) in [5.41, 5.74) is 0.736. The molecule has 1 aromatic rings. The Kier molecular flexibility index (Phi) is 7.19. The summed E-state index contributed by atoms with van der Waals surface area (Å²) in [6.45, 7) is 5.23. The van der Waals surface area contributed by atoms with E-state index in [1.54, 1.807) is 11.8 Å². The first-order valence-electron chi connectivity index (χ1n) is 6.93. The molecular formula is C15H21ClN2O3. The average Bonchev–Trinajstić information content (AvgIpc) is 2.49. The Morgan fingerprint density at radius 3 is 2.29 bits per heavy atom. The maximum Gasteiger partial charge on any atom is 0.409 e. The normalized spacial score (nSPS) is 15.2. The summed E-state index contributed by atoms with van der Waals surface area (Å²) >= 11 is 0. The number of piperazine rings is 1. The maximum absolute atomic E-state index is 12.1. The first kappa shape index (κ1) is 17.5. The second-order valence-electron chi connectivity index (χ2n) is 4.75. The molecule has 1 fully saturated rings. The standard InChI is InChI=1S/C15H20N2O3.ClH/c1-2-20-15(19)17-10-8-16(9-11-17)12-14(18)13-6-4-3-5-7-13;/h3-7H,2,8-12H2,1H3;1H. The molecule has 6 heteroatoms. The summed E-state index contributed by atoms with van der Waals surface area (Å²) in [7, 11) is 0. The van der Waals surface area contributed by atoms with Crippen LogP contribution in [-0.2, 0) is 4.74 Å². The van der Waals surface area contributed by atoms with Gasteiger partial charge >= 0.3 is 6.09 Å². The number of rotatable bonds is 4. The molecule has 1 saturated heterocycles. The van der Waals surface area contributed by atoms with Crippen LogP contribution in [0.2, 0.25) is 0 Å². The van der Waals surface area contributed by atoms with Crippen LogP contribution in [0.5, 0.6) is 0 Å². The zero-order valence-electron chi connectivity index (χ0n) is 12.2. The van der Waals surface area contributed by atoms with Crippen molar-refractivity contribution in [1.82, 2.24) is 9.80 Å². The molecule has 1 aliphatic rings. The summed E-state index contributed by atoms with van der Waals surface area (Å²) in [6.07, 6.45) is -0.262. The molecule has 0 aromatic heterocycles. The summed E-state index contributed by atoms with van der Waals surface area (Å²) in [4.78, 5) is 27.4. The van der Waals surface area contributed by atoms with Gasteiger partial charge in [-0.2, -0.15) is 0 Å². The van der Waals surface area contributed by atoms with Gasteiger partial charge in [-0.3, -0.25) is 9.69 Å². The Morgan fingerprint density at radius 1 is 1.10 bits per heavy atom. The molecule has 1 amide bonds. The van der Waals surface area contributed by atoms with Crippen molar-refractivity contribution in [3.63, 3.8) is 0 Å². The number of carbonyl (C=O) groups excluding carboxylic acids is 2. The van der Waals surface area contributed by atoms with E-state index in [1.165, 1.54) is 0 Å². The minimum Gasteiger partial charge on any atom is -0.450 e. The lowest BCUT2D eigenvalue weighted by Crippen LogP contribution is -2.50. The number of benzene rings is 1. The Morgan fingerprint density at radius 2 is 1.71 bits per heavy atom. The molecule has 2 rings (SSSR count). The van der Waals surface area contributed by atoms with E-state index in [4.69, 9.17) is 4.74 Å².